The van der Waals surface area contributed by atoms with Gasteiger partial charge < -0.3 is 10.6 Å². The molecule has 0 unspecified atom stereocenters. The molecule has 0 saturated carbocycles. The van der Waals surface area contributed by atoms with Gasteiger partial charge in [-0.3, -0.25) is 0 Å². The van der Waals surface area contributed by atoms with Crippen molar-refractivity contribution in [3.8, 4) is 0 Å². The van der Waals surface area contributed by atoms with Gasteiger partial charge in [-0.15, -0.1) is 0 Å². The minimum absolute atomic E-state index is 0.450. The molecule has 0 radical (unpaired) electrons. The number of aryl methyl sites for hydroxylation is 2. The van der Waals surface area contributed by atoms with Crippen LogP contribution in [0.25, 0.3) is 0 Å². The van der Waals surface area contributed by atoms with Crippen LogP contribution in [-0.2, 0) is 5.75 Å². The van der Waals surface area contributed by atoms with E-state index in [-0.39, 0.29) is 0 Å². The van der Waals surface area contributed by atoms with Gasteiger partial charge in [-0.2, -0.15) is 15.0 Å². The van der Waals surface area contributed by atoms with E-state index in [0.29, 0.717) is 32.9 Å². The average molecular weight is 482 g/mol. The van der Waals surface area contributed by atoms with Crippen molar-refractivity contribution < 1.29 is 0 Å². The van der Waals surface area contributed by atoms with Crippen LogP contribution in [0.5, 0.6) is 0 Å². The van der Waals surface area contributed by atoms with Crippen molar-refractivity contribution in [2.24, 2.45) is 0 Å². The summed E-state index contributed by atoms with van der Waals surface area (Å²) in [5.41, 5.74) is 5.00. The fourth-order valence-electron chi connectivity index (χ4n) is 2.87. The Kier molecular flexibility index (Phi) is 7.15. The van der Waals surface area contributed by atoms with E-state index < -0.39 is 0 Å². The van der Waals surface area contributed by atoms with E-state index in [1.54, 1.807) is 0 Å². The van der Waals surface area contributed by atoms with Crippen LogP contribution in [0.1, 0.15) is 16.7 Å². The Balaban J connectivity index is 1.61. The van der Waals surface area contributed by atoms with Crippen molar-refractivity contribution in [1.29, 1.82) is 0 Å². The molecule has 5 nitrogen and oxygen atoms in total. The Bertz CT molecular complexity index is 1130. The largest absolute Gasteiger partial charge is 0.324 e. The lowest BCUT2D eigenvalue weighted by atomic mass is 10.2. The fraction of sp³-hybridized carbons (Fsp3) is 0.125. The number of nitrogens with zero attached hydrogens (tertiary/aromatic N) is 3. The normalized spacial score (nSPS) is 10.8. The molecule has 4 rings (SSSR count). The van der Waals surface area contributed by atoms with E-state index >= 15 is 0 Å². The third kappa shape index (κ3) is 5.91. The Morgan fingerprint density at radius 3 is 1.62 bits per heavy atom. The second-order valence-electron chi connectivity index (χ2n) is 7.24. The third-order valence-corrected chi connectivity index (χ3v) is 6.22. The summed E-state index contributed by atoms with van der Waals surface area (Å²) in [4.78, 5) is 13.7. The summed E-state index contributed by atoms with van der Waals surface area (Å²) < 4.78 is 0. The van der Waals surface area contributed by atoms with Gasteiger partial charge in [0.25, 0.3) is 0 Å². The van der Waals surface area contributed by atoms with Gasteiger partial charge in [0.05, 0.1) is 0 Å². The number of aromatic nitrogens is 3. The molecule has 4 aromatic rings. The molecule has 0 aliphatic carbocycles. The summed E-state index contributed by atoms with van der Waals surface area (Å²) in [5.74, 6) is 1.44. The van der Waals surface area contributed by atoms with Crippen molar-refractivity contribution in [1.82, 2.24) is 15.0 Å². The van der Waals surface area contributed by atoms with Gasteiger partial charge in [0.15, 0.2) is 5.16 Å². The van der Waals surface area contributed by atoms with E-state index in [2.05, 4.69) is 25.6 Å². The van der Waals surface area contributed by atoms with Crippen LogP contribution in [-0.4, -0.2) is 15.0 Å². The molecule has 2 N–H and O–H groups in total. The predicted molar refractivity (Wildman–Crippen MR) is 135 cm³/mol. The lowest BCUT2D eigenvalue weighted by molar-refractivity contribution is 0.920. The maximum absolute atomic E-state index is 6.32. The molecule has 8 heteroatoms. The zero-order chi connectivity index (χ0) is 22.5. The SMILES string of the molecule is Cc1ccc(Nc2nc(Nc3ccc(C)cc3)nc(SCc3c(Cl)cccc3Cl)n2)cc1. The van der Waals surface area contributed by atoms with Crippen molar-refractivity contribution >= 4 is 58.2 Å². The van der Waals surface area contributed by atoms with Gasteiger partial charge in [-0.25, -0.2) is 0 Å². The molecule has 0 spiro atoms. The number of thioether (sulfide) groups is 1. The highest BCUT2D eigenvalue weighted by Gasteiger charge is 2.11. The quantitative estimate of drug-likeness (QED) is 0.265. The molecule has 0 saturated heterocycles. The van der Waals surface area contributed by atoms with Crippen LogP contribution >= 0.6 is 35.0 Å². The van der Waals surface area contributed by atoms with Crippen LogP contribution in [0.15, 0.2) is 71.9 Å². The zero-order valence-electron chi connectivity index (χ0n) is 17.6. The number of rotatable bonds is 7. The highest BCUT2D eigenvalue weighted by Crippen LogP contribution is 2.31. The Morgan fingerprint density at radius 1 is 0.688 bits per heavy atom. The van der Waals surface area contributed by atoms with E-state index in [1.807, 2.05) is 80.6 Å². The molecule has 0 aliphatic rings. The monoisotopic (exact) mass is 481 g/mol. The summed E-state index contributed by atoms with van der Waals surface area (Å²) in [6, 6.07) is 21.6. The maximum Gasteiger partial charge on any atom is 0.233 e. The molecule has 1 aromatic heterocycles. The van der Waals surface area contributed by atoms with Gasteiger partial charge in [0.1, 0.15) is 0 Å². The topological polar surface area (TPSA) is 62.7 Å². The van der Waals surface area contributed by atoms with Gasteiger partial charge >= 0.3 is 0 Å². The first-order valence-corrected chi connectivity index (χ1v) is 11.7. The molecule has 0 aliphatic heterocycles. The predicted octanol–water partition coefficient (Wildman–Crippen LogP) is 7.57. The molecule has 162 valence electrons. The molecule has 1 heterocycles. The van der Waals surface area contributed by atoms with Gasteiger partial charge in [0, 0.05) is 27.2 Å². The number of halogens is 2. The van der Waals surface area contributed by atoms with Crippen LogP contribution in [0.2, 0.25) is 10.0 Å². The molecule has 0 amide bonds. The molecular weight excluding hydrogens is 461 g/mol. The van der Waals surface area contributed by atoms with Crippen LogP contribution in [0.4, 0.5) is 23.3 Å². The van der Waals surface area contributed by atoms with E-state index in [0.717, 1.165) is 16.9 Å². The number of benzene rings is 3. The highest BCUT2D eigenvalue weighted by atomic mass is 35.5. The van der Waals surface area contributed by atoms with Gasteiger partial charge in [-0.05, 0) is 55.8 Å². The summed E-state index contributed by atoms with van der Waals surface area (Å²) in [7, 11) is 0. The van der Waals surface area contributed by atoms with Crippen molar-refractivity contribution in [2.45, 2.75) is 24.8 Å². The summed E-state index contributed by atoms with van der Waals surface area (Å²) in [6.45, 7) is 4.09. The van der Waals surface area contributed by atoms with Crippen molar-refractivity contribution in [3.63, 3.8) is 0 Å². The second-order valence-corrected chi connectivity index (χ2v) is 8.99. The van der Waals surface area contributed by atoms with Crippen molar-refractivity contribution in [2.75, 3.05) is 10.6 Å². The highest BCUT2D eigenvalue weighted by molar-refractivity contribution is 7.98. The van der Waals surface area contributed by atoms with Gasteiger partial charge in [0.2, 0.25) is 11.9 Å². The summed E-state index contributed by atoms with van der Waals surface area (Å²) in [5, 5.41) is 8.32. The maximum atomic E-state index is 6.32. The number of hydrogen-bond donors (Lipinski definition) is 2. The number of nitrogens with one attached hydrogen (secondary N) is 2. The molecule has 0 atom stereocenters. The molecule has 3 aromatic carbocycles. The smallest absolute Gasteiger partial charge is 0.233 e. The number of anilines is 4. The lowest BCUT2D eigenvalue weighted by Gasteiger charge is -2.11. The first-order chi connectivity index (χ1) is 15.5. The fourth-order valence-corrected chi connectivity index (χ4v) is 4.45. The number of hydrogen-bond acceptors (Lipinski definition) is 6. The van der Waals surface area contributed by atoms with E-state index in [1.165, 1.54) is 22.9 Å². The minimum atomic E-state index is 0.450. The van der Waals surface area contributed by atoms with Crippen LogP contribution in [0, 0.1) is 13.8 Å². The first-order valence-electron chi connectivity index (χ1n) is 9.95. The minimum Gasteiger partial charge on any atom is -0.324 e. The Hall–Kier alpha value is -2.80. The lowest BCUT2D eigenvalue weighted by Crippen LogP contribution is -2.05. The molecule has 0 fully saturated rings. The Morgan fingerprint density at radius 2 is 1.16 bits per heavy atom. The van der Waals surface area contributed by atoms with E-state index in [9.17, 15) is 0 Å². The molecule has 32 heavy (non-hydrogen) atoms. The summed E-state index contributed by atoms with van der Waals surface area (Å²) >= 11 is 14.1. The standard InChI is InChI=1S/C24H21Cl2N5S/c1-15-6-10-17(11-7-15)27-22-29-23(28-18-12-8-16(2)9-13-18)31-24(30-22)32-14-19-20(25)4-3-5-21(19)26/h3-13H,14H2,1-2H3,(H2,27,28,29,30,31). The zero-order valence-corrected chi connectivity index (χ0v) is 19.9. The van der Waals surface area contributed by atoms with Crippen LogP contribution < -0.4 is 10.6 Å². The van der Waals surface area contributed by atoms with E-state index in [4.69, 9.17) is 23.2 Å². The van der Waals surface area contributed by atoms with Crippen molar-refractivity contribution in [3.05, 3.63) is 93.5 Å². The first kappa shape index (κ1) is 22.4. The summed E-state index contributed by atoms with van der Waals surface area (Å²) in [6.07, 6.45) is 0. The van der Waals surface area contributed by atoms with Crippen LogP contribution in [0.3, 0.4) is 0 Å². The Labute approximate surface area is 201 Å². The van der Waals surface area contributed by atoms with Gasteiger partial charge in [-0.1, -0.05) is 76.4 Å². The third-order valence-electron chi connectivity index (χ3n) is 4.64. The second kappa shape index (κ2) is 10.2. The molecular formula is C24H21Cl2N5S. The molecule has 0 bridgehead atoms. The average Bonchev–Trinajstić information content (AvgIpc) is 2.77.